The maximum Gasteiger partial charge on any atom is 0.260 e. The molecular weight excluding hydrogens is 402 g/mol. The van der Waals surface area contributed by atoms with Gasteiger partial charge in [0, 0.05) is 31.7 Å². The van der Waals surface area contributed by atoms with Gasteiger partial charge in [0.2, 0.25) is 0 Å². The summed E-state index contributed by atoms with van der Waals surface area (Å²) in [7, 11) is 0. The largest absolute Gasteiger partial charge is 0.481 e. The number of hydrogen-bond acceptors (Lipinski definition) is 3. The van der Waals surface area contributed by atoms with E-state index in [0.717, 1.165) is 18.7 Å². The average Bonchev–Trinajstić information content (AvgIpc) is 2.65. The zero-order valence-corrected chi connectivity index (χ0v) is 17.4. The Labute approximate surface area is 174 Å². The third kappa shape index (κ3) is 4.96. The van der Waals surface area contributed by atoms with Gasteiger partial charge in [0.05, 0.1) is 10.0 Å². The fraction of sp³-hybridized carbons (Fsp3) is 0.381. The average molecular weight is 425 g/mol. The molecule has 0 saturated carbocycles. The highest BCUT2D eigenvalue weighted by Crippen LogP contribution is 2.32. The molecule has 150 valence electrons. The molecule has 28 heavy (non-hydrogen) atoms. The second-order valence-electron chi connectivity index (χ2n) is 7.14. The van der Waals surface area contributed by atoms with E-state index in [4.69, 9.17) is 27.9 Å². The lowest BCUT2D eigenvalue weighted by atomic mass is 10.1. The fourth-order valence-electron chi connectivity index (χ4n) is 3.43. The Hall–Kier alpha value is -1.82. The number of para-hydroxylation sites is 1. The molecule has 1 fully saturated rings. The Morgan fingerprint density at radius 2 is 1.71 bits per heavy atom. The number of ether oxygens (including phenoxy) is 1. The molecule has 1 saturated heterocycles. The highest BCUT2D eigenvalue weighted by Gasteiger charge is 2.32. The maximum atomic E-state index is 13.1. The summed E-state index contributed by atoms with van der Waals surface area (Å²) in [6, 6.07) is 11.8. The molecule has 0 bridgehead atoms. The smallest absolute Gasteiger partial charge is 0.260 e. The van der Waals surface area contributed by atoms with Gasteiger partial charge in [0.15, 0.2) is 12.4 Å². The lowest BCUT2D eigenvalue weighted by Crippen LogP contribution is -2.58. The van der Waals surface area contributed by atoms with Crippen LogP contribution in [0.4, 0.5) is 4.39 Å². The van der Waals surface area contributed by atoms with Crippen molar-refractivity contribution in [3.05, 3.63) is 63.9 Å². The van der Waals surface area contributed by atoms with Crippen molar-refractivity contribution in [2.75, 3.05) is 19.7 Å². The van der Waals surface area contributed by atoms with Gasteiger partial charge < -0.3 is 9.64 Å². The van der Waals surface area contributed by atoms with Crippen molar-refractivity contribution >= 4 is 29.1 Å². The first kappa shape index (κ1) is 20.9. The number of nitrogens with zero attached hydrogens (tertiary/aromatic N) is 2. The van der Waals surface area contributed by atoms with Gasteiger partial charge in [0.25, 0.3) is 5.91 Å². The van der Waals surface area contributed by atoms with Crippen LogP contribution in [-0.2, 0) is 11.3 Å². The minimum absolute atomic E-state index is 0.0365. The van der Waals surface area contributed by atoms with E-state index in [1.807, 2.05) is 11.8 Å². The standard InChI is InChI=1S/C21H23Cl2FN2O2/c1-14-11-26(20(27)13-28-21-18(22)4-3-5-19(21)23)15(2)10-25(14)12-16-6-8-17(24)9-7-16/h3-9,14-15H,10-13H2,1-2H3/t14-,15+/m1/s1. The van der Waals surface area contributed by atoms with Gasteiger partial charge >= 0.3 is 0 Å². The van der Waals surface area contributed by atoms with Gasteiger partial charge in [-0.2, -0.15) is 0 Å². The quantitative estimate of drug-likeness (QED) is 0.700. The van der Waals surface area contributed by atoms with E-state index in [9.17, 15) is 9.18 Å². The minimum atomic E-state index is -0.237. The number of hydrogen-bond donors (Lipinski definition) is 0. The molecule has 1 heterocycles. The van der Waals surface area contributed by atoms with E-state index in [0.29, 0.717) is 22.3 Å². The van der Waals surface area contributed by atoms with Crippen LogP contribution in [0.1, 0.15) is 19.4 Å². The van der Waals surface area contributed by atoms with Gasteiger partial charge in [-0.05, 0) is 43.7 Å². The van der Waals surface area contributed by atoms with E-state index in [-0.39, 0.29) is 30.4 Å². The number of amides is 1. The summed E-state index contributed by atoms with van der Waals surface area (Å²) in [5.74, 6) is -0.00851. The van der Waals surface area contributed by atoms with Crippen molar-refractivity contribution in [1.29, 1.82) is 0 Å². The zero-order valence-electron chi connectivity index (χ0n) is 15.9. The second-order valence-corrected chi connectivity index (χ2v) is 7.95. The van der Waals surface area contributed by atoms with Gasteiger partial charge in [-0.1, -0.05) is 41.4 Å². The van der Waals surface area contributed by atoms with Crippen LogP contribution in [0, 0.1) is 5.82 Å². The molecule has 0 aromatic heterocycles. The predicted molar refractivity (Wildman–Crippen MR) is 109 cm³/mol. The van der Waals surface area contributed by atoms with Gasteiger partial charge in [-0.3, -0.25) is 9.69 Å². The van der Waals surface area contributed by atoms with Crippen LogP contribution in [0.25, 0.3) is 0 Å². The lowest BCUT2D eigenvalue weighted by Gasteiger charge is -2.44. The van der Waals surface area contributed by atoms with Crippen LogP contribution in [0.2, 0.25) is 10.0 Å². The second kappa shape index (κ2) is 9.12. The number of carbonyl (C=O) groups excluding carboxylic acids is 1. The highest BCUT2D eigenvalue weighted by atomic mass is 35.5. The lowest BCUT2D eigenvalue weighted by molar-refractivity contribution is -0.139. The molecule has 0 aliphatic carbocycles. The van der Waals surface area contributed by atoms with Crippen molar-refractivity contribution < 1.29 is 13.9 Å². The molecule has 2 atom stereocenters. The summed E-state index contributed by atoms with van der Waals surface area (Å²) in [4.78, 5) is 16.8. The van der Waals surface area contributed by atoms with Crippen molar-refractivity contribution in [2.45, 2.75) is 32.5 Å². The molecular formula is C21H23Cl2FN2O2. The Morgan fingerprint density at radius 1 is 1.07 bits per heavy atom. The Morgan fingerprint density at radius 3 is 2.36 bits per heavy atom. The minimum Gasteiger partial charge on any atom is -0.481 e. The number of rotatable bonds is 5. The van der Waals surface area contributed by atoms with E-state index in [1.54, 1.807) is 30.3 Å². The number of carbonyl (C=O) groups is 1. The van der Waals surface area contributed by atoms with Crippen LogP contribution < -0.4 is 4.74 Å². The van der Waals surface area contributed by atoms with Crippen LogP contribution >= 0.6 is 23.2 Å². The van der Waals surface area contributed by atoms with E-state index in [1.165, 1.54) is 12.1 Å². The van der Waals surface area contributed by atoms with Crippen molar-refractivity contribution in [2.24, 2.45) is 0 Å². The van der Waals surface area contributed by atoms with Crippen LogP contribution in [0.3, 0.4) is 0 Å². The number of piperazine rings is 1. The SMILES string of the molecule is C[C@@H]1CN(C(=O)COc2c(Cl)cccc2Cl)[C@@H](C)CN1Cc1ccc(F)cc1. The van der Waals surface area contributed by atoms with Gasteiger partial charge in [0.1, 0.15) is 5.82 Å². The molecule has 0 N–H and O–H groups in total. The normalized spacial score (nSPS) is 20.2. The zero-order chi connectivity index (χ0) is 20.3. The molecule has 0 unspecified atom stereocenters. The first-order valence-electron chi connectivity index (χ1n) is 9.20. The molecule has 0 spiro atoms. The summed E-state index contributed by atoms with van der Waals surface area (Å²) in [5, 5.41) is 0.761. The van der Waals surface area contributed by atoms with E-state index < -0.39 is 0 Å². The fourth-order valence-corrected chi connectivity index (χ4v) is 3.93. The van der Waals surface area contributed by atoms with Gasteiger partial charge in [-0.25, -0.2) is 4.39 Å². The van der Waals surface area contributed by atoms with Crippen LogP contribution in [0.15, 0.2) is 42.5 Å². The first-order chi connectivity index (χ1) is 13.3. The Bertz CT molecular complexity index is 811. The third-order valence-corrected chi connectivity index (χ3v) is 5.59. The molecule has 4 nitrogen and oxygen atoms in total. The topological polar surface area (TPSA) is 32.8 Å². The highest BCUT2D eigenvalue weighted by molar-refractivity contribution is 6.37. The number of halogens is 3. The summed E-state index contributed by atoms with van der Waals surface area (Å²) in [5.41, 5.74) is 1.05. The maximum absolute atomic E-state index is 13.1. The van der Waals surface area contributed by atoms with Crippen LogP contribution in [-0.4, -0.2) is 47.5 Å². The van der Waals surface area contributed by atoms with Gasteiger partial charge in [-0.15, -0.1) is 0 Å². The summed E-state index contributed by atoms with van der Waals surface area (Å²) in [6.45, 7) is 6.04. The molecule has 2 aromatic carbocycles. The van der Waals surface area contributed by atoms with Crippen molar-refractivity contribution in [3.63, 3.8) is 0 Å². The summed E-state index contributed by atoms with van der Waals surface area (Å²) in [6.07, 6.45) is 0. The summed E-state index contributed by atoms with van der Waals surface area (Å²) >= 11 is 12.2. The number of benzene rings is 2. The third-order valence-electron chi connectivity index (χ3n) is 4.99. The molecule has 3 rings (SSSR count). The van der Waals surface area contributed by atoms with Crippen LogP contribution in [0.5, 0.6) is 5.75 Å². The Balaban J connectivity index is 1.58. The Kier molecular flexibility index (Phi) is 6.81. The van der Waals surface area contributed by atoms with E-state index >= 15 is 0 Å². The predicted octanol–water partition coefficient (Wildman–Crippen LogP) is 4.63. The molecule has 1 amide bonds. The molecule has 0 radical (unpaired) electrons. The molecule has 1 aliphatic rings. The monoisotopic (exact) mass is 424 g/mol. The van der Waals surface area contributed by atoms with Crippen molar-refractivity contribution in [3.8, 4) is 5.75 Å². The molecule has 7 heteroatoms. The molecule has 1 aliphatic heterocycles. The first-order valence-corrected chi connectivity index (χ1v) is 9.95. The van der Waals surface area contributed by atoms with E-state index in [2.05, 4.69) is 11.8 Å². The summed E-state index contributed by atoms with van der Waals surface area (Å²) < 4.78 is 18.7. The van der Waals surface area contributed by atoms with Crippen molar-refractivity contribution in [1.82, 2.24) is 9.80 Å². The molecule has 2 aromatic rings.